The van der Waals surface area contributed by atoms with E-state index in [-0.39, 0.29) is 0 Å². The van der Waals surface area contributed by atoms with E-state index in [1.54, 1.807) is 12.4 Å². The SMILES string of the molecule is CCNc1cc(NCCn2ccnc2)ccn1. The molecule has 0 aliphatic heterocycles. The van der Waals surface area contributed by atoms with E-state index in [0.29, 0.717) is 0 Å². The molecule has 0 saturated carbocycles. The quantitative estimate of drug-likeness (QED) is 0.796. The van der Waals surface area contributed by atoms with Crippen LogP contribution in [-0.2, 0) is 6.54 Å². The van der Waals surface area contributed by atoms with Crippen LogP contribution in [0.4, 0.5) is 11.5 Å². The number of nitrogens with one attached hydrogen (secondary N) is 2. The molecule has 0 fully saturated rings. The third kappa shape index (κ3) is 3.48. The van der Waals surface area contributed by atoms with E-state index in [0.717, 1.165) is 31.1 Å². The number of imidazole rings is 1. The fraction of sp³-hybridized carbons (Fsp3) is 0.333. The van der Waals surface area contributed by atoms with Crippen LogP contribution in [0.2, 0.25) is 0 Å². The van der Waals surface area contributed by atoms with Gasteiger partial charge in [0.15, 0.2) is 0 Å². The first-order valence-corrected chi connectivity index (χ1v) is 5.78. The zero-order valence-electron chi connectivity index (χ0n) is 9.93. The molecule has 2 aromatic rings. The minimum absolute atomic E-state index is 0.867. The van der Waals surface area contributed by atoms with Crippen molar-refractivity contribution < 1.29 is 0 Å². The Bertz CT molecular complexity index is 438. The van der Waals surface area contributed by atoms with Crippen LogP contribution < -0.4 is 10.6 Å². The van der Waals surface area contributed by atoms with Crippen LogP contribution in [0.5, 0.6) is 0 Å². The van der Waals surface area contributed by atoms with Gasteiger partial charge in [-0.05, 0) is 13.0 Å². The van der Waals surface area contributed by atoms with Gasteiger partial charge < -0.3 is 15.2 Å². The predicted molar refractivity (Wildman–Crippen MR) is 69.1 cm³/mol. The van der Waals surface area contributed by atoms with Crippen molar-refractivity contribution in [2.24, 2.45) is 0 Å². The molecule has 0 saturated heterocycles. The number of aromatic nitrogens is 3. The standard InChI is InChI=1S/C12H17N5/c1-2-14-12-9-11(3-4-16-12)15-6-8-17-7-5-13-10-17/h3-5,7,9-10H,2,6,8H2,1H3,(H2,14,15,16). The summed E-state index contributed by atoms with van der Waals surface area (Å²) in [6.45, 7) is 4.71. The molecule has 0 atom stereocenters. The van der Waals surface area contributed by atoms with Gasteiger partial charge in [-0.2, -0.15) is 0 Å². The second kappa shape index (κ2) is 5.89. The van der Waals surface area contributed by atoms with Gasteiger partial charge in [-0.3, -0.25) is 0 Å². The number of nitrogens with zero attached hydrogens (tertiary/aromatic N) is 3. The number of hydrogen-bond donors (Lipinski definition) is 2. The van der Waals surface area contributed by atoms with Gasteiger partial charge in [-0.25, -0.2) is 9.97 Å². The minimum atomic E-state index is 0.867. The molecule has 0 aliphatic carbocycles. The molecular formula is C12H17N5. The number of hydrogen-bond acceptors (Lipinski definition) is 4. The van der Waals surface area contributed by atoms with Gasteiger partial charge in [0, 0.05) is 50.0 Å². The van der Waals surface area contributed by atoms with E-state index in [4.69, 9.17) is 0 Å². The average molecular weight is 231 g/mol. The molecule has 17 heavy (non-hydrogen) atoms. The van der Waals surface area contributed by atoms with Gasteiger partial charge in [0.05, 0.1) is 6.33 Å². The third-order valence-corrected chi connectivity index (χ3v) is 2.38. The molecule has 2 rings (SSSR count). The lowest BCUT2D eigenvalue weighted by Crippen LogP contribution is -2.09. The highest BCUT2D eigenvalue weighted by Gasteiger charge is 1.95. The lowest BCUT2D eigenvalue weighted by molar-refractivity contribution is 0.727. The van der Waals surface area contributed by atoms with E-state index in [2.05, 4.69) is 27.5 Å². The van der Waals surface area contributed by atoms with Gasteiger partial charge in [0.25, 0.3) is 0 Å². The van der Waals surface area contributed by atoms with Crippen LogP contribution in [0.3, 0.4) is 0 Å². The summed E-state index contributed by atoms with van der Waals surface area (Å²) in [5, 5.41) is 6.54. The molecule has 2 N–H and O–H groups in total. The Balaban J connectivity index is 1.84. The molecule has 90 valence electrons. The monoisotopic (exact) mass is 231 g/mol. The van der Waals surface area contributed by atoms with Crippen molar-refractivity contribution in [1.29, 1.82) is 0 Å². The zero-order valence-corrected chi connectivity index (χ0v) is 9.93. The van der Waals surface area contributed by atoms with E-state index in [1.807, 2.05) is 29.2 Å². The molecule has 0 amide bonds. The second-order valence-electron chi connectivity index (χ2n) is 3.69. The maximum atomic E-state index is 4.22. The molecule has 2 heterocycles. The Morgan fingerprint density at radius 1 is 1.29 bits per heavy atom. The summed E-state index contributed by atoms with van der Waals surface area (Å²) < 4.78 is 2.04. The molecule has 0 aromatic carbocycles. The first-order valence-electron chi connectivity index (χ1n) is 5.78. The van der Waals surface area contributed by atoms with Crippen molar-refractivity contribution in [3.05, 3.63) is 37.1 Å². The van der Waals surface area contributed by atoms with Crippen molar-refractivity contribution in [1.82, 2.24) is 14.5 Å². The Hall–Kier alpha value is -2.04. The average Bonchev–Trinajstić information content (AvgIpc) is 2.83. The van der Waals surface area contributed by atoms with Gasteiger partial charge in [-0.15, -0.1) is 0 Å². The summed E-state index contributed by atoms with van der Waals surface area (Å²) in [7, 11) is 0. The number of pyridine rings is 1. The normalized spacial score (nSPS) is 10.2. The van der Waals surface area contributed by atoms with Crippen LogP contribution in [0.1, 0.15) is 6.92 Å². The summed E-state index contributed by atoms with van der Waals surface area (Å²) in [4.78, 5) is 8.22. The molecule has 2 aromatic heterocycles. The summed E-state index contributed by atoms with van der Waals surface area (Å²) in [6, 6.07) is 3.98. The number of rotatable bonds is 6. The van der Waals surface area contributed by atoms with Crippen molar-refractivity contribution >= 4 is 11.5 Å². The lowest BCUT2D eigenvalue weighted by Gasteiger charge is -2.08. The largest absolute Gasteiger partial charge is 0.383 e. The molecule has 5 heteroatoms. The Labute approximate surface area is 101 Å². The molecule has 0 unspecified atom stereocenters. The van der Waals surface area contributed by atoms with Crippen LogP contribution in [0, 0.1) is 0 Å². The Morgan fingerprint density at radius 3 is 3.00 bits per heavy atom. The zero-order chi connectivity index (χ0) is 11.9. The number of anilines is 2. The Kier molecular flexibility index (Phi) is 3.96. The predicted octanol–water partition coefficient (Wildman–Crippen LogP) is 1.82. The van der Waals surface area contributed by atoms with Crippen molar-refractivity contribution in [2.75, 3.05) is 23.7 Å². The maximum absolute atomic E-state index is 4.22. The van der Waals surface area contributed by atoms with E-state index >= 15 is 0 Å². The molecule has 5 nitrogen and oxygen atoms in total. The molecule has 0 aliphatic rings. The maximum Gasteiger partial charge on any atom is 0.127 e. The molecule has 0 bridgehead atoms. The topological polar surface area (TPSA) is 54.8 Å². The van der Waals surface area contributed by atoms with E-state index in [9.17, 15) is 0 Å². The van der Waals surface area contributed by atoms with Gasteiger partial charge in [-0.1, -0.05) is 0 Å². The highest BCUT2D eigenvalue weighted by molar-refractivity contribution is 5.51. The van der Waals surface area contributed by atoms with Crippen molar-refractivity contribution in [3.8, 4) is 0 Å². The molecule has 0 radical (unpaired) electrons. The van der Waals surface area contributed by atoms with Gasteiger partial charge in [0.1, 0.15) is 5.82 Å². The first kappa shape index (κ1) is 11.4. The summed E-state index contributed by atoms with van der Waals surface area (Å²) in [5.41, 5.74) is 1.08. The fourth-order valence-corrected chi connectivity index (χ4v) is 1.57. The molecule has 0 spiro atoms. The van der Waals surface area contributed by atoms with Gasteiger partial charge in [0.2, 0.25) is 0 Å². The van der Waals surface area contributed by atoms with Crippen molar-refractivity contribution in [2.45, 2.75) is 13.5 Å². The first-order chi connectivity index (χ1) is 8.38. The third-order valence-electron chi connectivity index (χ3n) is 2.38. The van der Waals surface area contributed by atoms with Crippen LogP contribution in [-0.4, -0.2) is 27.6 Å². The summed E-state index contributed by atoms with van der Waals surface area (Å²) in [6.07, 6.45) is 7.36. The summed E-state index contributed by atoms with van der Waals surface area (Å²) in [5.74, 6) is 0.903. The van der Waals surface area contributed by atoms with E-state index < -0.39 is 0 Å². The van der Waals surface area contributed by atoms with Crippen molar-refractivity contribution in [3.63, 3.8) is 0 Å². The minimum Gasteiger partial charge on any atom is -0.383 e. The van der Waals surface area contributed by atoms with Crippen LogP contribution >= 0.6 is 0 Å². The van der Waals surface area contributed by atoms with Crippen LogP contribution in [0.25, 0.3) is 0 Å². The van der Waals surface area contributed by atoms with Crippen LogP contribution in [0.15, 0.2) is 37.1 Å². The highest BCUT2D eigenvalue weighted by Crippen LogP contribution is 2.11. The molecular weight excluding hydrogens is 214 g/mol. The lowest BCUT2D eigenvalue weighted by atomic mass is 10.3. The fourth-order valence-electron chi connectivity index (χ4n) is 1.57. The highest BCUT2D eigenvalue weighted by atomic mass is 15.0. The summed E-state index contributed by atoms with van der Waals surface area (Å²) >= 11 is 0. The smallest absolute Gasteiger partial charge is 0.127 e. The second-order valence-corrected chi connectivity index (χ2v) is 3.69. The van der Waals surface area contributed by atoms with E-state index in [1.165, 1.54) is 0 Å². The van der Waals surface area contributed by atoms with Gasteiger partial charge >= 0.3 is 0 Å². The Morgan fingerprint density at radius 2 is 2.24 bits per heavy atom.